The SMILES string of the molecule is CC(=O)CC(C)C.[F-].[F-].[Mg+2]. The molecule has 0 atom stereocenters. The Morgan fingerprint density at radius 1 is 1.30 bits per heavy atom. The summed E-state index contributed by atoms with van der Waals surface area (Å²) < 4.78 is 0. The first kappa shape index (κ1) is 22.4. The van der Waals surface area contributed by atoms with Gasteiger partial charge in [0.1, 0.15) is 5.78 Å². The van der Waals surface area contributed by atoms with Gasteiger partial charge in [0.2, 0.25) is 0 Å². The molecule has 0 radical (unpaired) electrons. The van der Waals surface area contributed by atoms with Gasteiger partial charge in [-0.15, -0.1) is 0 Å². The van der Waals surface area contributed by atoms with Gasteiger partial charge in [0.15, 0.2) is 0 Å². The molecular formula is C6H12F2MgO. The van der Waals surface area contributed by atoms with Crippen molar-refractivity contribution in [3.05, 3.63) is 0 Å². The number of hydrogen-bond acceptors (Lipinski definition) is 1. The van der Waals surface area contributed by atoms with Crippen molar-refractivity contribution in [2.24, 2.45) is 5.92 Å². The number of halogens is 2. The minimum atomic E-state index is 0. The molecule has 0 spiro atoms. The van der Waals surface area contributed by atoms with E-state index in [1.54, 1.807) is 6.92 Å². The molecule has 0 amide bonds. The van der Waals surface area contributed by atoms with Gasteiger partial charge in [-0.3, -0.25) is 0 Å². The van der Waals surface area contributed by atoms with E-state index < -0.39 is 0 Å². The van der Waals surface area contributed by atoms with Gasteiger partial charge in [-0.1, -0.05) is 13.8 Å². The third kappa shape index (κ3) is 23.9. The standard InChI is InChI=1S/C6H12O.2FH.Mg/c1-5(2)4-6(3)7;;;/h5H,4H2,1-3H3;2*1H;/q;;;+2/p-2. The molecule has 0 aliphatic rings. The topological polar surface area (TPSA) is 17.1 Å². The molecule has 0 unspecified atom stereocenters. The quantitative estimate of drug-likeness (QED) is 0.373. The first-order chi connectivity index (χ1) is 3.13. The number of rotatable bonds is 2. The molecule has 0 saturated heterocycles. The van der Waals surface area contributed by atoms with Crippen LogP contribution >= 0.6 is 0 Å². The van der Waals surface area contributed by atoms with Crippen LogP contribution < -0.4 is 9.41 Å². The summed E-state index contributed by atoms with van der Waals surface area (Å²) in [6, 6.07) is 0. The van der Waals surface area contributed by atoms with Crippen molar-refractivity contribution in [3.63, 3.8) is 0 Å². The summed E-state index contributed by atoms with van der Waals surface area (Å²) in [6.45, 7) is 5.71. The van der Waals surface area contributed by atoms with Crippen LogP contribution in [0.2, 0.25) is 0 Å². The van der Waals surface area contributed by atoms with Crippen LogP contribution in [0.4, 0.5) is 0 Å². The summed E-state index contributed by atoms with van der Waals surface area (Å²) in [5.41, 5.74) is 0. The van der Waals surface area contributed by atoms with Gasteiger partial charge in [0.05, 0.1) is 0 Å². The summed E-state index contributed by atoms with van der Waals surface area (Å²) in [5.74, 6) is 0.813. The number of ketones is 1. The molecule has 0 N–H and O–H groups in total. The molecule has 0 aromatic heterocycles. The number of Topliss-reactive ketones (excluding diaryl/α,β-unsaturated/α-hetero) is 1. The molecule has 0 heterocycles. The smallest absolute Gasteiger partial charge is 1.00 e. The van der Waals surface area contributed by atoms with Crippen molar-refractivity contribution in [2.45, 2.75) is 27.2 Å². The van der Waals surface area contributed by atoms with E-state index in [0.29, 0.717) is 5.92 Å². The van der Waals surface area contributed by atoms with Crippen molar-refractivity contribution in [2.75, 3.05) is 0 Å². The number of hydrogen-bond donors (Lipinski definition) is 0. The predicted octanol–water partition coefficient (Wildman–Crippen LogP) is -4.75. The first-order valence-electron chi connectivity index (χ1n) is 2.62. The Bertz CT molecular complexity index is 76.1. The van der Waals surface area contributed by atoms with E-state index in [9.17, 15) is 4.79 Å². The van der Waals surface area contributed by atoms with Gasteiger partial charge in [-0.05, 0) is 12.8 Å². The third-order valence-electron chi connectivity index (χ3n) is 0.696. The number of carbonyl (C=O) groups is 1. The van der Waals surface area contributed by atoms with E-state index in [1.165, 1.54) is 0 Å². The summed E-state index contributed by atoms with van der Waals surface area (Å²) in [5, 5.41) is 0. The summed E-state index contributed by atoms with van der Waals surface area (Å²) >= 11 is 0. The molecule has 0 bridgehead atoms. The van der Waals surface area contributed by atoms with Crippen LogP contribution in [-0.4, -0.2) is 28.8 Å². The van der Waals surface area contributed by atoms with Gasteiger partial charge < -0.3 is 14.2 Å². The Hall–Kier alpha value is 0.296. The van der Waals surface area contributed by atoms with E-state index in [1.807, 2.05) is 13.8 Å². The molecule has 0 aliphatic carbocycles. The zero-order valence-corrected chi connectivity index (χ0v) is 8.07. The zero-order valence-electron chi connectivity index (χ0n) is 6.66. The van der Waals surface area contributed by atoms with E-state index >= 15 is 0 Å². The van der Waals surface area contributed by atoms with Crippen molar-refractivity contribution in [1.29, 1.82) is 0 Å². The van der Waals surface area contributed by atoms with Crippen molar-refractivity contribution in [3.8, 4) is 0 Å². The van der Waals surface area contributed by atoms with Crippen molar-refractivity contribution in [1.82, 2.24) is 0 Å². The second-order valence-electron chi connectivity index (χ2n) is 2.30. The van der Waals surface area contributed by atoms with Gasteiger partial charge >= 0.3 is 23.1 Å². The van der Waals surface area contributed by atoms with Crippen LogP contribution in [0.15, 0.2) is 0 Å². The zero-order chi connectivity index (χ0) is 5.86. The second kappa shape index (κ2) is 12.0. The maximum absolute atomic E-state index is 10.3. The van der Waals surface area contributed by atoms with Crippen LogP contribution in [0.1, 0.15) is 27.2 Å². The minimum Gasteiger partial charge on any atom is -1.00 e. The van der Waals surface area contributed by atoms with E-state index in [0.717, 1.165) is 6.42 Å². The molecule has 58 valence electrons. The van der Waals surface area contributed by atoms with E-state index in [-0.39, 0.29) is 38.2 Å². The monoisotopic (exact) mass is 162 g/mol. The molecule has 0 aromatic carbocycles. The van der Waals surface area contributed by atoms with Crippen LogP contribution in [0.5, 0.6) is 0 Å². The van der Waals surface area contributed by atoms with Crippen molar-refractivity contribution >= 4 is 28.8 Å². The Kier molecular flexibility index (Phi) is 27.0. The second-order valence-corrected chi connectivity index (χ2v) is 2.30. The normalized spacial score (nSPS) is 6.80. The molecule has 10 heavy (non-hydrogen) atoms. The maximum atomic E-state index is 10.3. The average molecular weight is 162 g/mol. The van der Waals surface area contributed by atoms with Crippen LogP contribution in [0, 0.1) is 5.92 Å². The molecule has 1 nitrogen and oxygen atoms in total. The van der Waals surface area contributed by atoms with E-state index in [2.05, 4.69) is 0 Å². The molecule has 0 fully saturated rings. The molecule has 0 aromatic rings. The maximum Gasteiger partial charge on any atom is 2.00 e. The van der Waals surface area contributed by atoms with Gasteiger partial charge in [0.25, 0.3) is 0 Å². The summed E-state index contributed by atoms with van der Waals surface area (Å²) in [6.07, 6.45) is 0.722. The summed E-state index contributed by atoms with van der Waals surface area (Å²) in [4.78, 5) is 10.3. The largest absolute Gasteiger partial charge is 2.00 e. The molecule has 0 aliphatic heterocycles. The number of carbonyl (C=O) groups excluding carboxylic acids is 1. The van der Waals surface area contributed by atoms with Crippen LogP contribution in [0.25, 0.3) is 0 Å². The molecule has 0 saturated carbocycles. The van der Waals surface area contributed by atoms with Gasteiger partial charge in [-0.25, -0.2) is 0 Å². The Balaban J connectivity index is -0.0000000600. The Labute approximate surface area is 76.5 Å². The first-order valence-corrected chi connectivity index (χ1v) is 2.62. The average Bonchev–Trinajstić information content (AvgIpc) is 1.27. The molecular weight excluding hydrogens is 150 g/mol. The predicted molar refractivity (Wildman–Crippen MR) is 35.9 cm³/mol. The Morgan fingerprint density at radius 3 is 1.60 bits per heavy atom. The summed E-state index contributed by atoms with van der Waals surface area (Å²) in [7, 11) is 0. The fourth-order valence-corrected chi connectivity index (χ4v) is 0.575. The third-order valence-corrected chi connectivity index (χ3v) is 0.696. The minimum absolute atomic E-state index is 0. The van der Waals surface area contributed by atoms with Crippen LogP contribution in [-0.2, 0) is 4.79 Å². The van der Waals surface area contributed by atoms with Crippen molar-refractivity contribution < 1.29 is 14.2 Å². The Morgan fingerprint density at radius 2 is 1.60 bits per heavy atom. The molecule has 4 heteroatoms. The van der Waals surface area contributed by atoms with Crippen LogP contribution in [0.3, 0.4) is 0 Å². The fourth-order valence-electron chi connectivity index (χ4n) is 0.575. The van der Waals surface area contributed by atoms with E-state index in [4.69, 9.17) is 0 Å². The molecule has 0 rings (SSSR count). The van der Waals surface area contributed by atoms with Gasteiger partial charge in [-0.2, -0.15) is 0 Å². The fraction of sp³-hybridized carbons (Fsp3) is 0.833. The van der Waals surface area contributed by atoms with Gasteiger partial charge in [0, 0.05) is 6.42 Å².